The molecule has 2 aromatic heterocycles. The molecule has 10 heteroatoms. The fourth-order valence-corrected chi connectivity index (χ4v) is 4.35. The van der Waals surface area contributed by atoms with Crippen LogP contribution in [0.25, 0.3) is 11.0 Å². The Kier molecular flexibility index (Phi) is 4.50. The number of anilines is 1. The number of nitrogens with zero attached hydrogens (tertiary/aromatic N) is 3. The normalized spacial score (nSPS) is 16.5. The second-order valence-corrected chi connectivity index (χ2v) is 8.52. The molecule has 3 heterocycles. The van der Waals surface area contributed by atoms with Crippen LogP contribution in [0.4, 0.5) is 10.6 Å². The van der Waals surface area contributed by atoms with Crippen LogP contribution in [0.5, 0.6) is 0 Å². The smallest absolute Gasteiger partial charge is 0.407 e. The lowest BCUT2D eigenvalue weighted by Crippen LogP contribution is -2.44. The first-order valence-corrected chi connectivity index (χ1v) is 10.2. The summed E-state index contributed by atoms with van der Waals surface area (Å²) >= 11 is 0. The molecule has 1 saturated heterocycles. The molecule has 1 aromatic carbocycles. The maximum Gasteiger partial charge on any atom is 0.407 e. The van der Waals surface area contributed by atoms with Gasteiger partial charge >= 0.3 is 6.09 Å². The van der Waals surface area contributed by atoms with E-state index in [-0.39, 0.29) is 23.0 Å². The van der Waals surface area contributed by atoms with E-state index in [4.69, 9.17) is 4.74 Å². The van der Waals surface area contributed by atoms with Crippen LogP contribution in [0.1, 0.15) is 5.56 Å². The number of rotatable bonds is 4. The number of likely N-dealkylation sites (N-methyl/N-ethyl adjacent to an activating group) is 1. The zero-order chi connectivity index (χ0) is 20.8. The molecule has 2 amide bonds. The molecule has 3 aromatic rings. The lowest BCUT2D eigenvalue weighted by Gasteiger charge is -2.19. The molecule has 29 heavy (non-hydrogen) atoms. The summed E-state index contributed by atoms with van der Waals surface area (Å²) in [6.07, 6.45) is 0.780. The minimum absolute atomic E-state index is 0.0670. The number of hydrogen-bond acceptors (Lipinski definition) is 6. The number of hydrogen-bond donors (Lipinski definition) is 1. The first kappa shape index (κ1) is 18.9. The van der Waals surface area contributed by atoms with Crippen LogP contribution >= 0.6 is 0 Å². The van der Waals surface area contributed by atoms with Crippen LogP contribution < -0.4 is 10.2 Å². The SMILES string of the molecule is Cc1ccc(S(=O)(=O)n2ccc3ccc(N(C)C(=O)C4COC(=O)N4)nc32)cc1. The van der Waals surface area contributed by atoms with Gasteiger partial charge in [-0.15, -0.1) is 0 Å². The van der Waals surface area contributed by atoms with E-state index in [1.165, 1.54) is 18.1 Å². The average molecular weight is 414 g/mol. The van der Waals surface area contributed by atoms with Gasteiger partial charge in [0.2, 0.25) is 0 Å². The number of aromatic nitrogens is 2. The van der Waals surface area contributed by atoms with Gasteiger partial charge < -0.3 is 10.1 Å². The molecule has 0 bridgehead atoms. The van der Waals surface area contributed by atoms with Gasteiger partial charge in [0.05, 0.1) is 4.90 Å². The Hall–Kier alpha value is -3.40. The van der Waals surface area contributed by atoms with Crippen molar-refractivity contribution in [3.8, 4) is 0 Å². The fourth-order valence-electron chi connectivity index (χ4n) is 3.04. The standard InChI is InChI=1S/C19H18N4O5S/c1-12-3-6-14(7-4-12)29(26,27)23-10-9-13-5-8-16(21-17(13)23)22(2)18(24)15-11-28-19(25)20-15/h3-10,15H,11H2,1-2H3,(H,20,25). The lowest BCUT2D eigenvalue weighted by molar-refractivity contribution is -0.120. The Bertz CT molecular complexity index is 1220. The number of carbonyl (C=O) groups excluding carboxylic acids is 2. The Morgan fingerprint density at radius 3 is 2.59 bits per heavy atom. The number of cyclic esters (lactones) is 1. The second kappa shape index (κ2) is 6.89. The number of amides is 2. The van der Waals surface area contributed by atoms with E-state index in [0.717, 1.165) is 9.54 Å². The Balaban J connectivity index is 1.72. The molecule has 1 aliphatic rings. The van der Waals surface area contributed by atoms with Gasteiger partial charge in [-0.2, -0.15) is 0 Å². The minimum atomic E-state index is -3.85. The van der Waals surface area contributed by atoms with Crippen molar-refractivity contribution in [2.75, 3.05) is 18.6 Å². The summed E-state index contributed by atoms with van der Waals surface area (Å²) in [5.74, 6) is -0.162. The molecule has 0 saturated carbocycles. The van der Waals surface area contributed by atoms with Crippen LogP contribution in [0, 0.1) is 6.92 Å². The second-order valence-electron chi connectivity index (χ2n) is 6.70. The highest BCUT2D eigenvalue weighted by molar-refractivity contribution is 7.90. The van der Waals surface area contributed by atoms with Gasteiger partial charge in [-0.1, -0.05) is 17.7 Å². The van der Waals surface area contributed by atoms with Crippen LogP contribution in [0.15, 0.2) is 53.6 Å². The van der Waals surface area contributed by atoms with Gasteiger partial charge in [0.25, 0.3) is 15.9 Å². The third kappa shape index (κ3) is 3.31. The molecule has 0 radical (unpaired) electrons. The number of fused-ring (bicyclic) bond motifs is 1. The number of benzene rings is 1. The Morgan fingerprint density at radius 2 is 1.93 bits per heavy atom. The maximum absolute atomic E-state index is 13.1. The summed E-state index contributed by atoms with van der Waals surface area (Å²) in [6, 6.07) is 10.7. The van der Waals surface area contributed by atoms with Crippen molar-refractivity contribution < 1.29 is 22.7 Å². The molecule has 1 atom stereocenters. The summed E-state index contributed by atoms with van der Waals surface area (Å²) in [5.41, 5.74) is 1.15. The zero-order valence-electron chi connectivity index (χ0n) is 15.7. The van der Waals surface area contributed by atoms with Crippen molar-refractivity contribution in [1.29, 1.82) is 0 Å². The van der Waals surface area contributed by atoms with Crippen molar-refractivity contribution in [2.45, 2.75) is 17.9 Å². The monoisotopic (exact) mass is 414 g/mol. The van der Waals surface area contributed by atoms with Gasteiger partial charge in [-0.3, -0.25) is 9.69 Å². The predicted molar refractivity (Wildman–Crippen MR) is 105 cm³/mol. The molecular formula is C19H18N4O5S. The van der Waals surface area contributed by atoms with Crippen LogP contribution in [-0.2, 0) is 19.6 Å². The molecule has 1 unspecified atom stereocenters. The first-order chi connectivity index (χ1) is 13.8. The molecule has 1 fully saturated rings. The van der Waals surface area contributed by atoms with Crippen molar-refractivity contribution >= 4 is 38.9 Å². The third-order valence-corrected chi connectivity index (χ3v) is 6.39. The van der Waals surface area contributed by atoms with Gasteiger partial charge in [-0.05, 0) is 37.3 Å². The van der Waals surface area contributed by atoms with Gasteiger partial charge in [0.15, 0.2) is 5.65 Å². The van der Waals surface area contributed by atoms with E-state index in [2.05, 4.69) is 10.3 Å². The van der Waals surface area contributed by atoms with E-state index in [1.54, 1.807) is 42.5 Å². The van der Waals surface area contributed by atoms with Gasteiger partial charge in [0.1, 0.15) is 18.5 Å². The van der Waals surface area contributed by atoms with E-state index in [9.17, 15) is 18.0 Å². The van der Waals surface area contributed by atoms with E-state index >= 15 is 0 Å². The Labute approximate surface area is 166 Å². The zero-order valence-corrected chi connectivity index (χ0v) is 16.5. The topological polar surface area (TPSA) is 111 Å². The van der Waals surface area contributed by atoms with E-state index in [1.807, 2.05) is 6.92 Å². The van der Waals surface area contributed by atoms with Crippen LogP contribution in [-0.4, -0.2) is 49.1 Å². The minimum Gasteiger partial charge on any atom is -0.447 e. The fraction of sp³-hybridized carbons (Fsp3) is 0.211. The molecule has 150 valence electrons. The maximum atomic E-state index is 13.1. The highest BCUT2D eigenvalue weighted by Gasteiger charge is 2.32. The number of carbonyl (C=O) groups is 2. The number of aryl methyl sites for hydroxylation is 1. The summed E-state index contributed by atoms with van der Waals surface area (Å²) in [4.78, 5) is 29.5. The number of ether oxygens (including phenoxy) is 1. The summed E-state index contributed by atoms with van der Waals surface area (Å²) < 4.78 is 32.0. The molecule has 1 N–H and O–H groups in total. The van der Waals surface area contributed by atoms with Crippen molar-refractivity contribution in [3.05, 3.63) is 54.2 Å². The summed E-state index contributed by atoms with van der Waals surface area (Å²) in [6.45, 7) is 1.81. The van der Waals surface area contributed by atoms with E-state index in [0.29, 0.717) is 5.39 Å². The number of nitrogens with one attached hydrogen (secondary N) is 1. The Morgan fingerprint density at radius 1 is 1.21 bits per heavy atom. The predicted octanol–water partition coefficient (Wildman–Crippen LogP) is 1.65. The number of alkyl carbamates (subject to hydrolysis) is 1. The lowest BCUT2D eigenvalue weighted by atomic mass is 10.2. The highest BCUT2D eigenvalue weighted by atomic mass is 32.2. The molecule has 0 aliphatic carbocycles. The van der Waals surface area contributed by atoms with Crippen molar-refractivity contribution in [1.82, 2.24) is 14.3 Å². The molecule has 0 spiro atoms. The van der Waals surface area contributed by atoms with E-state index < -0.39 is 28.1 Å². The average Bonchev–Trinajstić information content (AvgIpc) is 3.33. The molecule has 1 aliphatic heterocycles. The quantitative estimate of drug-likeness (QED) is 0.695. The largest absolute Gasteiger partial charge is 0.447 e. The van der Waals surface area contributed by atoms with Crippen LogP contribution in [0.3, 0.4) is 0 Å². The number of pyridine rings is 1. The highest BCUT2D eigenvalue weighted by Crippen LogP contribution is 2.24. The van der Waals surface area contributed by atoms with Crippen LogP contribution in [0.2, 0.25) is 0 Å². The molecular weight excluding hydrogens is 396 g/mol. The molecule has 9 nitrogen and oxygen atoms in total. The first-order valence-electron chi connectivity index (χ1n) is 8.78. The van der Waals surface area contributed by atoms with Crippen molar-refractivity contribution in [2.24, 2.45) is 0 Å². The summed E-state index contributed by atoms with van der Waals surface area (Å²) in [5, 5.41) is 3.03. The molecule has 4 rings (SSSR count). The summed E-state index contributed by atoms with van der Waals surface area (Å²) in [7, 11) is -2.35. The third-order valence-electron chi connectivity index (χ3n) is 4.71. The van der Waals surface area contributed by atoms with Gasteiger partial charge in [-0.25, -0.2) is 22.2 Å². The van der Waals surface area contributed by atoms with Gasteiger partial charge in [0, 0.05) is 18.6 Å². The van der Waals surface area contributed by atoms with Crippen molar-refractivity contribution in [3.63, 3.8) is 0 Å².